The minimum Gasteiger partial charge on any atom is -0.348 e. The van der Waals surface area contributed by atoms with Crippen LogP contribution in [0, 0.1) is 0 Å². The Kier molecular flexibility index (Phi) is 4.92. The van der Waals surface area contributed by atoms with Gasteiger partial charge in [0.2, 0.25) is 0 Å². The summed E-state index contributed by atoms with van der Waals surface area (Å²) < 4.78 is 1.83. The fourth-order valence-corrected chi connectivity index (χ4v) is 3.91. The van der Waals surface area contributed by atoms with Crippen molar-refractivity contribution in [2.75, 3.05) is 0 Å². The number of nitrogens with zero attached hydrogens (tertiary/aromatic N) is 3. The van der Waals surface area contributed by atoms with Gasteiger partial charge in [0.15, 0.2) is 4.96 Å². The highest BCUT2D eigenvalue weighted by molar-refractivity contribution is 7.15. The van der Waals surface area contributed by atoms with Gasteiger partial charge < -0.3 is 5.32 Å². The first kappa shape index (κ1) is 17.7. The maximum Gasteiger partial charge on any atom is 0.269 e. The van der Waals surface area contributed by atoms with Gasteiger partial charge in [0, 0.05) is 40.6 Å². The van der Waals surface area contributed by atoms with Gasteiger partial charge in [-0.2, -0.15) is 0 Å². The van der Waals surface area contributed by atoms with Gasteiger partial charge in [0.05, 0.1) is 5.69 Å². The molecule has 5 nitrogen and oxygen atoms in total. The second-order valence-electron chi connectivity index (χ2n) is 6.35. The molecular formula is C20H17ClN4OS. The van der Waals surface area contributed by atoms with Crippen molar-refractivity contribution in [3.8, 4) is 11.3 Å². The number of halogens is 1. The lowest BCUT2D eigenvalue weighted by atomic mass is 10.1. The van der Waals surface area contributed by atoms with Crippen LogP contribution in [0.25, 0.3) is 16.2 Å². The number of carbonyl (C=O) groups excluding carboxylic acids is 1. The van der Waals surface area contributed by atoms with E-state index in [4.69, 9.17) is 11.6 Å². The predicted molar refractivity (Wildman–Crippen MR) is 108 cm³/mol. The molecule has 0 saturated carbocycles. The number of benzene rings is 1. The smallest absolute Gasteiger partial charge is 0.269 e. The van der Waals surface area contributed by atoms with Crippen LogP contribution in [0.3, 0.4) is 0 Å². The quantitative estimate of drug-likeness (QED) is 0.541. The number of pyridine rings is 1. The Hall–Kier alpha value is -2.70. The number of amides is 1. The first-order valence-electron chi connectivity index (χ1n) is 8.52. The molecule has 1 amide bonds. The summed E-state index contributed by atoms with van der Waals surface area (Å²) in [5, 5.41) is 5.57. The van der Waals surface area contributed by atoms with Gasteiger partial charge in [-0.3, -0.25) is 14.2 Å². The third-order valence-electron chi connectivity index (χ3n) is 4.22. The van der Waals surface area contributed by atoms with Crippen molar-refractivity contribution in [2.45, 2.75) is 19.4 Å². The molecular weight excluding hydrogens is 380 g/mol. The van der Waals surface area contributed by atoms with Crippen LogP contribution in [0.2, 0.25) is 5.02 Å². The van der Waals surface area contributed by atoms with Gasteiger partial charge in [0.25, 0.3) is 5.91 Å². The molecule has 136 valence electrons. The van der Waals surface area contributed by atoms with E-state index in [-0.39, 0.29) is 11.9 Å². The lowest BCUT2D eigenvalue weighted by Gasteiger charge is -2.13. The molecule has 4 aromatic rings. The van der Waals surface area contributed by atoms with Crippen LogP contribution in [0.4, 0.5) is 0 Å². The first-order chi connectivity index (χ1) is 13.1. The molecule has 7 heteroatoms. The number of rotatable bonds is 5. The molecule has 0 aliphatic rings. The van der Waals surface area contributed by atoms with Crippen LogP contribution < -0.4 is 5.32 Å². The number of aromatic nitrogens is 3. The van der Waals surface area contributed by atoms with E-state index in [9.17, 15) is 4.79 Å². The van der Waals surface area contributed by atoms with E-state index < -0.39 is 0 Å². The van der Waals surface area contributed by atoms with E-state index in [1.54, 1.807) is 6.20 Å². The molecule has 1 aromatic carbocycles. The van der Waals surface area contributed by atoms with Crippen LogP contribution in [-0.2, 0) is 6.42 Å². The number of imidazole rings is 1. The van der Waals surface area contributed by atoms with Gasteiger partial charge in [-0.15, -0.1) is 11.3 Å². The Morgan fingerprint density at radius 3 is 2.85 bits per heavy atom. The third-order valence-corrected chi connectivity index (χ3v) is 5.32. The number of thiazole rings is 1. The standard InChI is InChI=1S/C20H17ClN4OS/c1-13(9-14-3-2-8-22-10-14)23-19(26)18-12-27-20-24-17(11-25(18)20)15-4-6-16(21)7-5-15/h2-8,10-13H,9H2,1H3,(H,23,26)/t13-/m1/s1. The average molecular weight is 397 g/mol. The number of hydrogen-bond acceptors (Lipinski definition) is 4. The van der Waals surface area contributed by atoms with Gasteiger partial charge in [-0.25, -0.2) is 4.98 Å². The molecule has 0 unspecified atom stereocenters. The van der Waals surface area contributed by atoms with Crippen molar-refractivity contribution >= 4 is 33.8 Å². The highest BCUT2D eigenvalue weighted by Crippen LogP contribution is 2.25. The van der Waals surface area contributed by atoms with Gasteiger partial charge in [0.1, 0.15) is 5.69 Å². The summed E-state index contributed by atoms with van der Waals surface area (Å²) in [6, 6.07) is 11.4. The number of carbonyl (C=O) groups is 1. The Balaban J connectivity index is 1.52. The molecule has 27 heavy (non-hydrogen) atoms. The minimum absolute atomic E-state index is 0.00379. The molecule has 4 rings (SSSR count). The highest BCUT2D eigenvalue weighted by atomic mass is 35.5. The van der Waals surface area contributed by atoms with Crippen molar-refractivity contribution < 1.29 is 4.79 Å². The zero-order valence-corrected chi connectivity index (χ0v) is 16.2. The molecule has 0 saturated heterocycles. The Morgan fingerprint density at radius 1 is 1.30 bits per heavy atom. The van der Waals surface area contributed by atoms with E-state index in [0.717, 1.165) is 28.2 Å². The lowest BCUT2D eigenvalue weighted by molar-refractivity contribution is 0.0934. The molecule has 3 aromatic heterocycles. The summed E-state index contributed by atoms with van der Waals surface area (Å²) in [7, 11) is 0. The van der Waals surface area contributed by atoms with E-state index in [1.807, 2.05) is 65.5 Å². The molecule has 1 N–H and O–H groups in total. The van der Waals surface area contributed by atoms with E-state index in [1.165, 1.54) is 11.3 Å². The van der Waals surface area contributed by atoms with Crippen LogP contribution in [0.15, 0.2) is 60.4 Å². The van der Waals surface area contributed by atoms with Crippen LogP contribution >= 0.6 is 22.9 Å². The second kappa shape index (κ2) is 7.50. The monoisotopic (exact) mass is 396 g/mol. The second-order valence-corrected chi connectivity index (χ2v) is 7.62. The Morgan fingerprint density at radius 2 is 2.11 bits per heavy atom. The van der Waals surface area contributed by atoms with E-state index in [2.05, 4.69) is 15.3 Å². The lowest BCUT2D eigenvalue weighted by Crippen LogP contribution is -2.34. The Bertz CT molecular complexity index is 1070. The third kappa shape index (κ3) is 3.86. The summed E-state index contributed by atoms with van der Waals surface area (Å²) in [6.45, 7) is 1.99. The van der Waals surface area contributed by atoms with Crippen molar-refractivity contribution in [3.63, 3.8) is 0 Å². The fraction of sp³-hybridized carbons (Fsp3) is 0.150. The molecule has 0 fully saturated rings. The first-order valence-corrected chi connectivity index (χ1v) is 9.78. The molecule has 0 aliphatic carbocycles. The molecule has 0 radical (unpaired) electrons. The zero-order chi connectivity index (χ0) is 18.8. The molecule has 0 aliphatic heterocycles. The zero-order valence-electron chi connectivity index (χ0n) is 14.6. The van der Waals surface area contributed by atoms with Crippen molar-refractivity contribution in [1.82, 2.24) is 19.7 Å². The predicted octanol–water partition coefficient (Wildman–Crippen LogP) is 4.47. The van der Waals surface area contributed by atoms with Crippen molar-refractivity contribution in [1.29, 1.82) is 0 Å². The summed E-state index contributed by atoms with van der Waals surface area (Å²) in [5.41, 5.74) is 3.46. The SMILES string of the molecule is C[C@H](Cc1cccnc1)NC(=O)c1csc2nc(-c3ccc(Cl)cc3)cn12. The van der Waals surface area contributed by atoms with Crippen LogP contribution in [-0.4, -0.2) is 26.3 Å². The summed E-state index contributed by atoms with van der Waals surface area (Å²) in [5.74, 6) is -0.113. The van der Waals surface area contributed by atoms with Gasteiger partial charge in [-0.05, 0) is 37.1 Å². The highest BCUT2D eigenvalue weighted by Gasteiger charge is 2.17. The fourth-order valence-electron chi connectivity index (χ4n) is 2.93. The largest absolute Gasteiger partial charge is 0.348 e. The van der Waals surface area contributed by atoms with Gasteiger partial charge >= 0.3 is 0 Å². The number of nitrogens with one attached hydrogen (secondary N) is 1. The maximum absolute atomic E-state index is 12.7. The summed E-state index contributed by atoms with van der Waals surface area (Å²) in [6.07, 6.45) is 6.18. The number of hydrogen-bond donors (Lipinski definition) is 1. The normalized spacial score (nSPS) is 12.2. The topological polar surface area (TPSA) is 59.3 Å². The van der Waals surface area contributed by atoms with Crippen LogP contribution in [0.5, 0.6) is 0 Å². The van der Waals surface area contributed by atoms with Crippen molar-refractivity contribution in [2.24, 2.45) is 0 Å². The summed E-state index contributed by atoms with van der Waals surface area (Å²) >= 11 is 7.40. The van der Waals surface area contributed by atoms with Gasteiger partial charge in [-0.1, -0.05) is 29.8 Å². The van der Waals surface area contributed by atoms with Crippen molar-refractivity contribution in [3.05, 3.63) is 76.6 Å². The molecule has 0 bridgehead atoms. The molecule has 3 heterocycles. The number of fused-ring (bicyclic) bond motifs is 1. The molecule has 1 atom stereocenters. The minimum atomic E-state index is -0.113. The molecule has 0 spiro atoms. The average Bonchev–Trinajstić information content (AvgIpc) is 3.23. The Labute approximate surface area is 165 Å². The van der Waals surface area contributed by atoms with Crippen LogP contribution in [0.1, 0.15) is 23.0 Å². The van der Waals surface area contributed by atoms with E-state index >= 15 is 0 Å². The maximum atomic E-state index is 12.7. The summed E-state index contributed by atoms with van der Waals surface area (Å²) in [4.78, 5) is 22.2. The van der Waals surface area contributed by atoms with E-state index in [0.29, 0.717) is 10.7 Å².